The van der Waals surface area contributed by atoms with E-state index in [1.807, 2.05) is 6.92 Å². The molecule has 0 saturated carbocycles. The fraction of sp³-hybridized carbons (Fsp3) is 0.500. The Morgan fingerprint density at radius 1 is 1.22 bits per heavy atom. The molecule has 0 aromatic heterocycles. The summed E-state index contributed by atoms with van der Waals surface area (Å²) in [7, 11) is 0. The van der Waals surface area contributed by atoms with Crippen LogP contribution >= 0.6 is 0 Å². The van der Waals surface area contributed by atoms with Crippen LogP contribution in [0.3, 0.4) is 0 Å². The van der Waals surface area contributed by atoms with Crippen molar-refractivity contribution in [1.82, 2.24) is 0 Å². The van der Waals surface area contributed by atoms with Crippen LogP contribution in [0, 0.1) is 0 Å². The molecule has 2 N–H and O–H groups in total. The minimum atomic E-state index is -4.14. The van der Waals surface area contributed by atoms with E-state index < -0.39 is 19.0 Å². The number of nitrogens with two attached hydrogens (primary N) is 1. The second-order valence-electron chi connectivity index (χ2n) is 3.93. The van der Waals surface area contributed by atoms with Crippen molar-refractivity contribution in [2.75, 3.05) is 6.61 Å². The van der Waals surface area contributed by atoms with Crippen molar-refractivity contribution in [3.05, 3.63) is 29.8 Å². The molecule has 0 saturated heterocycles. The van der Waals surface area contributed by atoms with Gasteiger partial charge in [0.25, 0.3) is 0 Å². The molecule has 1 rings (SSSR count). The van der Waals surface area contributed by atoms with Crippen LogP contribution in [0.5, 0.6) is 5.75 Å². The topological polar surface area (TPSA) is 35.2 Å². The normalized spacial score (nSPS) is 13.7. The van der Waals surface area contributed by atoms with Gasteiger partial charge in [-0.05, 0) is 24.1 Å². The highest BCUT2D eigenvalue weighted by molar-refractivity contribution is 5.29. The van der Waals surface area contributed by atoms with Gasteiger partial charge in [-0.15, -0.1) is 0 Å². The molecule has 0 aliphatic carbocycles. The Kier molecular flexibility index (Phi) is 4.95. The first-order valence-corrected chi connectivity index (χ1v) is 5.51. The van der Waals surface area contributed by atoms with Crippen molar-refractivity contribution < 1.29 is 22.3 Å². The van der Waals surface area contributed by atoms with Crippen LogP contribution in [0.25, 0.3) is 0 Å². The molecule has 18 heavy (non-hydrogen) atoms. The first kappa shape index (κ1) is 14.8. The number of benzene rings is 1. The second-order valence-corrected chi connectivity index (χ2v) is 3.93. The summed E-state index contributed by atoms with van der Waals surface area (Å²) in [6.07, 6.45) is -2.99. The van der Waals surface area contributed by atoms with E-state index in [1.54, 1.807) is 12.1 Å². The lowest BCUT2D eigenvalue weighted by molar-refractivity contribution is -0.148. The van der Waals surface area contributed by atoms with Crippen molar-refractivity contribution in [1.29, 1.82) is 0 Å². The molecule has 0 spiro atoms. The first-order chi connectivity index (χ1) is 8.36. The molecule has 1 aromatic carbocycles. The summed E-state index contributed by atoms with van der Waals surface area (Å²) in [6.45, 7) is 0.572. The fourth-order valence-electron chi connectivity index (χ4n) is 1.29. The van der Waals surface area contributed by atoms with Crippen LogP contribution < -0.4 is 10.5 Å². The molecule has 0 fully saturated rings. The van der Waals surface area contributed by atoms with Crippen molar-refractivity contribution in [2.45, 2.75) is 31.7 Å². The number of alkyl halides is 4. The van der Waals surface area contributed by atoms with E-state index in [0.717, 1.165) is 12.0 Å². The summed E-state index contributed by atoms with van der Waals surface area (Å²) >= 11 is 0. The molecule has 1 aromatic rings. The van der Waals surface area contributed by atoms with E-state index in [1.165, 1.54) is 12.1 Å². The van der Waals surface area contributed by atoms with Gasteiger partial charge in [0.1, 0.15) is 5.75 Å². The molecule has 6 heteroatoms. The highest BCUT2D eigenvalue weighted by Gasteiger charge is 2.41. The lowest BCUT2D eigenvalue weighted by Crippen LogP contribution is -2.33. The van der Waals surface area contributed by atoms with Crippen molar-refractivity contribution in [2.24, 2.45) is 5.73 Å². The van der Waals surface area contributed by atoms with Gasteiger partial charge in [0.05, 0.1) is 0 Å². The lowest BCUT2D eigenvalue weighted by Gasteiger charge is -2.16. The zero-order valence-electron chi connectivity index (χ0n) is 9.88. The van der Waals surface area contributed by atoms with Gasteiger partial charge in [-0.3, -0.25) is 0 Å². The maximum Gasteiger partial charge on any atom is 0.340 e. The zero-order chi connectivity index (χ0) is 13.8. The van der Waals surface area contributed by atoms with Crippen LogP contribution in [0.2, 0.25) is 0 Å². The third-order valence-electron chi connectivity index (χ3n) is 2.50. The number of halogens is 4. The van der Waals surface area contributed by atoms with Crippen LogP contribution in [0.1, 0.15) is 24.9 Å². The van der Waals surface area contributed by atoms with Gasteiger partial charge in [0.15, 0.2) is 6.61 Å². The van der Waals surface area contributed by atoms with E-state index in [9.17, 15) is 17.6 Å². The molecule has 1 atom stereocenters. The molecule has 0 bridgehead atoms. The highest BCUT2D eigenvalue weighted by Crippen LogP contribution is 2.25. The van der Waals surface area contributed by atoms with Crippen LogP contribution in [0.15, 0.2) is 24.3 Å². The van der Waals surface area contributed by atoms with E-state index in [4.69, 9.17) is 5.73 Å². The highest BCUT2D eigenvalue weighted by atomic mass is 19.3. The lowest BCUT2D eigenvalue weighted by atomic mass is 10.1. The predicted molar refractivity (Wildman–Crippen MR) is 60.1 cm³/mol. The van der Waals surface area contributed by atoms with Gasteiger partial charge in [-0.2, -0.15) is 8.78 Å². The van der Waals surface area contributed by atoms with Crippen molar-refractivity contribution in [3.8, 4) is 5.75 Å². The van der Waals surface area contributed by atoms with Gasteiger partial charge >= 0.3 is 12.3 Å². The average Bonchev–Trinajstić information content (AvgIpc) is 2.36. The fourth-order valence-corrected chi connectivity index (χ4v) is 1.29. The minimum absolute atomic E-state index is 0.113. The Labute approximate surface area is 103 Å². The van der Waals surface area contributed by atoms with Crippen LogP contribution in [-0.2, 0) is 0 Å². The average molecular weight is 265 g/mol. The van der Waals surface area contributed by atoms with E-state index in [0.29, 0.717) is 0 Å². The molecular weight excluding hydrogens is 250 g/mol. The Morgan fingerprint density at radius 3 is 2.22 bits per heavy atom. The van der Waals surface area contributed by atoms with Gasteiger partial charge in [-0.1, -0.05) is 19.1 Å². The van der Waals surface area contributed by atoms with Crippen molar-refractivity contribution in [3.63, 3.8) is 0 Å². The number of hydrogen-bond donors (Lipinski definition) is 1. The molecular formula is C12H15F4NO. The van der Waals surface area contributed by atoms with E-state index >= 15 is 0 Å². The number of rotatable bonds is 6. The first-order valence-electron chi connectivity index (χ1n) is 5.51. The Hall–Kier alpha value is -1.30. The Bertz CT molecular complexity index is 367. The summed E-state index contributed by atoms with van der Waals surface area (Å²) in [5.74, 6) is -4.03. The molecule has 0 amide bonds. The third kappa shape index (κ3) is 3.87. The predicted octanol–water partition coefficient (Wildman–Crippen LogP) is 3.38. The van der Waals surface area contributed by atoms with Crippen molar-refractivity contribution >= 4 is 0 Å². The van der Waals surface area contributed by atoms with E-state index in [2.05, 4.69) is 4.74 Å². The third-order valence-corrected chi connectivity index (χ3v) is 2.50. The summed E-state index contributed by atoms with van der Waals surface area (Å²) in [5, 5.41) is 0. The maximum absolute atomic E-state index is 12.6. The quantitative estimate of drug-likeness (QED) is 0.800. The Morgan fingerprint density at radius 2 is 1.78 bits per heavy atom. The molecule has 0 heterocycles. The molecule has 0 aliphatic rings. The molecule has 2 nitrogen and oxygen atoms in total. The maximum atomic E-state index is 12.6. The summed E-state index contributed by atoms with van der Waals surface area (Å²) < 4.78 is 53.6. The van der Waals surface area contributed by atoms with Gasteiger partial charge in [0, 0.05) is 6.04 Å². The smallest absolute Gasteiger partial charge is 0.340 e. The zero-order valence-corrected chi connectivity index (χ0v) is 9.88. The minimum Gasteiger partial charge on any atom is -0.487 e. The van der Waals surface area contributed by atoms with Crippen LogP contribution in [0.4, 0.5) is 17.6 Å². The summed E-state index contributed by atoms with van der Waals surface area (Å²) in [5.41, 5.74) is 6.61. The molecule has 0 unspecified atom stereocenters. The summed E-state index contributed by atoms with van der Waals surface area (Å²) in [4.78, 5) is 0. The summed E-state index contributed by atoms with van der Waals surface area (Å²) in [6, 6.07) is 5.99. The molecule has 0 radical (unpaired) electrons. The molecule has 102 valence electrons. The van der Waals surface area contributed by atoms with Gasteiger partial charge < -0.3 is 10.5 Å². The van der Waals surface area contributed by atoms with E-state index in [-0.39, 0.29) is 11.8 Å². The second kappa shape index (κ2) is 6.04. The monoisotopic (exact) mass is 265 g/mol. The molecule has 0 aliphatic heterocycles. The van der Waals surface area contributed by atoms with Crippen LogP contribution in [-0.4, -0.2) is 19.0 Å². The standard InChI is InChI=1S/C12H15F4NO/c1-2-10(17)8-3-5-9(6-4-8)18-7-12(15,16)11(13)14/h3-6,10-11H,2,7,17H2,1H3/t10-/m0/s1. The van der Waals surface area contributed by atoms with Gasteiger partial charge in [0.2, 0.25) is 0 Å². The number of ether oxygens (including phenoxy) is 1. The Balaban J connectivity index is 2.59. The van der Waals surface area contributed by atoms with Gasteiger partial charge in [-0.25, -0.2) is 8.78 Å². The SMILES string of the molecule is CC[C@H](N)c1ccc(OCC(F)(F)C(F)F)cc1. The largest absolute Gasteiger partial charge is 0.487 e. The number of hydrogen-bond acceptors (Lipinski definition) is 2.